The van der Waals surface area contributed by atoms with E-state index in [2.05, 4.69) is 10.1 Å². The van der Waals surface area contributed by atoms with Crippen LogP contribution in [0.3, 0.4) is 0 Å². The molecular formula is C15H13N3O4. The van der Waals surface area contributed by atoms with E-state index < -0.39 is 11.5 Å². The zero-order chi connectivity index (χ0) is 15.7. The minimum atomic E-state index is -1.29. The Morgan fingerprint density at radius 1 is 1.36 bits per heavy atom. The fourth-order valence-electron chi connectivity index (χ4n) is 2.14. The molecule has 0 amide bonds. The number of hydrogen-bond donors (Lipinski definition) is 2. The SMILES string of the molecule is CCOc1ccc(-c2cc3[nH]cc(C(=O)O)c(=O)n3n2)cc1. The molecular weight excluding hydrogens is 286 g/mol. The van der Waals surface area contributed by atoms with Crippen molar-refractivity contribution in [3.63, 3.8) is 0 Å². The van der Waals surface area contributed by atoms with Gasteiger partial charge in [0.25, 0.3) is 5.56 Å². The van der Waals surface area contributed by atoms with Crippen molar-refractivity contribution in [1.29, 1.82) is 0 Å². The van der Waals surface area contributed by atoms with Gasteiger partial charge in [-0.3, -0.25) is 4.79 Å². The van der Waals surface area contributed by atoms with Crippen molar-refractivity contribution in [1.82, 2.24) is 14.6 Å². The van der Waals surface area contributed by atoms with Crippen molar-refractivity contribution in [2.45, 2.75) is 6.92 Å². The zero-order valence-corrected chi connectivity index (χ0v) is 11.7. The van der Waals surface area contributed by atoms with Crippen LogP contribution in [0.2, 0.25) is 0 Å². The van der Waals surface area contributed by atoms with E-state index in [4.69, 9.17) is 9.84 Å². The summed E-state index contributed by atoms with van der Waals surface area (Å²) in [6.07, 6.45) is 1.17. The maximum Gasteiger partial charge on any atom is 0.342 e. The van der Waals surface area contributed by atoms with Crippen molar-refractivity contribution in [3.05, 3.63) is 52.4 Å². The lowest BCUT2D eigenvalue weighted by Crippen LogP contribution is -2.22. The molecule has 0 saturated carbocycles. The van der Waals surface area contributed by atoms with E-state index in [1.807, 2.05) is 31.2 Å². The van der Waals surface area contributed by atoms with Gasteiger partial charge in [0.05, 0.1) is 12.3 Å². The van der Waals surface area contributed by atoms with Crippen LogP contribution in [0.5, 0.6) is 5.75 Å². The van der Waals surface area contributed by atoms with Crippen molar-refractivity contribution in [3.8, 4) is 17.0 Å². The lowest BCUT2D eigenvalue weighted by Gasteiger charge is -2.02. The number of nitrogens with one attached hydrogen (secondary N) is 1. The highest BCUT2D eigenvalue weighted by molar-refractivity contribution is 5.87. The first-order valence-corrected chi connectivity index (χ1v) is 6.68. The number of benzene rings is 1. The van der Waals surface area contributed by atoms with E-state index in [1.165, 1.54) is 6.20 Å². The number of fused-ring (bicyclic) bond motifs is 1. The van der Waals surface area contributed by atoms with Crippen LogP contribution in [0.1, 0.15) is 17.3 Å². The summed E-state index contributed by atoms with van der Waals surface area (Å²) in [5.41, 5.74) is 0.780. The van der Waals surface area contributed by atoms with Gasteiger partial charge in [0.1, 0.15) is 17.0 Å². The summed E-state index contributed by atoms with van der Waals surface area (Å²) < 4.78 is 6.42. The molecule has 0 aliphatic carbocycles. The van der Waals surface area contributed by atoms with Crippen LogP contribution < -0.4 is 10.3 Å². The molecule has 1 aromatic carbocycles. The second-order valence-corrected chi connectivity index (χ2v) is 4.60. The van der Waals surface area contributed by atoms with Crippen molar-refractivity contribution >= 4 is 11.6 Å². The van der Waals surface area contributed by atoms with Crippen molar-refractivity contribution < 1.29 is 14.6 Å². The summed E-state index contributed by atoms with van der Waals surface area (Å²) in [6, 6.07) is 8.97. The largest absolute Gasteiger partial charge is 0.494 e. The molecule has 0 aliphatic heterocycles. The molecule has 0 spiro atoms. The normalized spacial score (nSPS) is 10.8. The molecule has 0 saturated heterocycles. The number of carbonyl (C=O) groups is 1. The molecule has 0 atom stereocenters. The average Bonchev–Trinajstić information content (AvgIpc) is 2.93. The van der Waals surface area contributed by atoms with Crippen LogP contribution in [0.15, 0.2) is 41.3 Å². The summed E-state index contributed by atoms with van der Waals surface area (Å²) in [7, 11) is 0. The molecule has 7 nitrogen and oxygen atoms in total. The van der Waals surface area contributed by atoms with Gasteiger partial charge in [-0.15, -0.1) is 0 Å². The molecule has 3 rings (SSSR count). The van der Waals surface area contributed by atoms with Crippen molar-refractivity contribution in [2.75, 3.05) is 6.61 Å². The minimum absolute atomic E-state index is 0.353. The molecule has 2 heterocycles. The summed E-state index contributed by atoms with van der Waals surface area (Å²) >= 11 is 0. The number of carboxylic acid groups (broad SMARTS) is 1. The van der Waals surface area contributed by atoms with Crippen LogP contribution in [0.4, 0.5) is 0 Å². The van der Waals surface area contributed by atoms with Gasteiger partial charge >= 0.3 is 5.97 Å². The van der Waals surface area contributed by atoms with Crippen molar-refractivity contribution in [2.24, 2.45) is 0 Å². The summed E-state index contributed by atoms with van der Waals surface area (Å²) in [6.45, 7) is 2.49. The van der Waals surface area contributed by atoms with Gasteiger partial charge in [0.15, 0.2) is 0 Å². The molecule has 22 heavy (non-hydrogen) atoms. The van der Waals surface area contributed by atoms with Gasteiger partial charge in [0, 0.05) is 17.8 Å². The fraction of sp³-hybridized carbons (Fsp3) is 0.133. The lowest BCUT2D eigenvalue weighted by molar-refractivity contribution is 0.0694. The number of nitrogens with zero attached hydrogens (tertiary/aromatic N) is 2. The minimum Gasteiger partial charge on any atom is -0.494 e. The van der Waals surface area contributed by atoms with E-state index in [-0.39, 0.29) is 5.56 Å². The topological polar surface area (TPSA) is 96.7 Å². The Bertz CT molecular complexity index is 893. The molecule has 0 bridgehead atoms. The number of ether oxygens (including phenoxy) is 1. The first-order valence-electron chi connectivity index (χ1n) is 6.68. The standard InChI is InChI=1S/C15H13N3O4/c1-2-22-10-5-3-9(4-6-10)12-7-13-16-8-11(15(20)21)14(19)18(13)17-12/h3-8,16H,2H2,1H3,(H,20,21). The Hall–Kier alpha value is -3.09. The van der Waals surface area contributed by atoms with Crippen LogP contribution in [0.25, 0.3) is 16.9 Å². The van der Waals surface area contributed by atoms with Crippen LogP contribution in [0, 0.1) is 0 Å². The number of hydrogen-bond acceptors (Lipinski definition) is 4. The van der Waals surface area contributed by atoms with Crippen LogP contribution in [-0.2, 0) is 0 Å². The monoisotopic (exact) mass is 299 g/mol. The number of aromatic nitrogens is 3. The van der Waals surface area contributed by atoms with Gasteiger partial charge in [-0.2, -0.15) is 9.61 Å². The number of rotatable bonds is 4. The second-order valence-electron chi connectivity index (χ2n) is 4.60. The highest BCUT2D eigenvalue weighted by Crippen LogP contribution is 2.21. The molecule has 0 unspecified atom stereocenters. The van der Waals surface area contributed by atoms with Crippen LogP contribution >= 0.6 is 0 Å². The van der Waals surface area contributed by atoms with E-state index in [9.17, 15) is 9.59 Å². The zero-order valence-electron chi connectivity index (χ0n) is 11.7. The smallest absolute Gasteiger partial charge is 0.342 e. The van der Waals surface area contributed by atoms with Gasteiger partial charge in [-0.1, -0.05) is 0 Å². The highest BCUT2D eigenvalue weighted by Gasteiger charge is 2.14. The number of aromatic amines is 1. The van der Waals surface area contributed by atoms with Gasteiger partial charge in [-0.25, -0.2) is 4.79 Å². The first-order chi connectivity index (χ1) is 10.6. The predicted molar refractivity (Wildman–Crippen MR) is 79.4 cm³/mol. The lowest BCUT2D eigenvalue weighted by atomic mass is 10.1. The molecule has 0 fully saturated rings. The van der Waals surface area contributed by atoms with E-state index in [0.717, 1.165) is 15.8 Å². The quantitative estimate of drug-likeness (QED) is 0.765. The van der Waals surface area contributed by atoms with E-state index in [0.29, 0.717) is 17.9 Å². The Kier molecular flexibility index (Phi) is 3.38. The van der Waals surface area contributed by atoms with Gasteiger partial charge in [-0.05, 0) is 31.2 Å². The predicted octanol–water partition coefficient (Wildman–Crippen LogP) is 1.79. The maximum absolute atomic E-state index is 12.0. The third kappa shape index (κ3) is 2.32. The van der Waals surface area contributed by atoms with Gasteiger partial charge in [0.2, 0.25) is 0 Å². The maximum atomic E-state index is 12.0. The second kappa shape index (κ2) is 5.36. The summed E-state index contributed by atoms with van der Waals surface area (Å²) in [5.74, 6) is -0.541. The summed E-state index contributed by atoms with van der Waals surface area (Å²) in [4.78, 5) is 25.8. The molecule has 0 radical (unpaired) electrons. The first kappa shape index (κ1) is 13.9. The average molecular weight is 299 g/mol. The Balaban J connectivity index is 2.07. The third-order valence-corrected chi connectivity index (χ3v) is 3.19. The molecule has 112 valence electrons. The van der Waals surface area contributed by atoms with E-state index in [1.54, 1.807) is 6.07 Å². The molecule has 2 aromatic heterocycles. The summed E-state index contributed by atoms with van der Waals surface area (Å²) in [5, 5.41) is 13.1. The van der Waals surface area contributed by atoms with E-state index >= 15 is 0 Å². The van der Waals surface area contributed by atoms with Crippen LogP contribution in [-0.4, -0.2) is 32.3 Å². The molecule has 0 aliphatic rings. The fourth-order valence-corrected chi connectivity index (χ4v) is 2.14. The molecule has 3 aromatic rings. The number of H-pyrrole nitrogens is 1. The number of aromatic carboxylic acids is 1. The Morgan fingerprint density at radius 3 is 2.73 bits per heavy atom. The third-order valence-electron chi connectivity index (χ3n) is 3.19. The van der Waals surface area contributed by atoms with Gasteiger partial charge < -0.3 is 14.8 Å². The Labute approximate surface area is 124 Å². The number of carboxylic acids is 1. The molecule has 7 heteroatoms. The highest BCUT2D eigenvalue weighted by atomic mass is 16.5. The Morgan fingerprint density at radius 2 is 2.09 bits per heavy atom. The molecule has 2 N–H and O–H groups in total.